The largest absolute Gasteiger partial charge is 0.366 e. The number of aromatic nitrogens is 1. The lowest BCUT2D eigenvalue weighted by Crippen LogP contribution is -2.41. The van der Waals surface area contributed by atoms with Crippen LogP contribution in [0.15, 0.2) is 12.1 Å². The van der Waals surface area contributed by atoms with E-state index in [0.29, 0.717) is 24.7 Å². The molecule has 2 rings (SSSR count). The topological polar surface area (TPSA) is 33.2 Å². The Labute approximate surface area is 96.5 Å². The molecule has 0 N–H and O–H groups in total. The highest BCUT2D eigenvalue weighted by molar-refractivity contribution is 5.81. The van der Waals surface area contributed by atoms with E-state index in [1.807, 2.05) is 19.9 Å². The first-order chi connectivity index (χ1) is 7.58. The van der Waals surface area contributed by atoms with Gasteiger partial charge in [-0.1, -0.05) is 0 Å². The molecule has 0 saturated carbocycles. The van der Waals surface area contributed by atoms with Crippen LogP contribution in [0.4, 0.5) is 5.69 Å². The third-order valence-electron chi connectivity index (χ3n) is 3.19. The van der Waals surface area contributed by atoms with Crippen LogP contribution in [0.25, 0.3) is 0 Å². The van der Waals surface area contributed by atoms with Gasteiger partial charge in [-0.15, -0.1) is 0 Å². The molecule has 0 radical (unpaired) electrons. The highest BCUT2D eigenvalue weighted by Crippen LogP contribution is 2.25. The van der Waals surface area contributed by atoms with Gasteiger partial charge in [0.05, 0.1) is 11.4 Å². The zero-order valence-electron chi connectivity index (χ0n) is 10.2. The molecule has 1 aliphatic heterocycles. The molecule has 3 nitrogen and oxygen atoms in total. The number of hydrogen-bond acceptors (Lipinski definition) is 3. The monoisotopic (exact) mass is 218 g/mol. The van der Waals surface area contributed by atoms with Gasteiger partial charge in [-0.3, -0.25) is 9.78 Å². The van der Waals surface area contributed by atoms with Crippen molar-refractivity contribution >= 4 is 11.5 Å². The number of nitrogens with zero attached hydrogens (tertiary/aromatic N) is 2. The van der Waals surface area contributed by atoms with E-state index >= 15 is 0 Å². The summed E-state index contributed by atoms with van der Waals surface area (Å²) in [4.78, 5) is 18.1. The van der Waals surface area contributed by atoms with Crippen molar-refractivity contribution in [3.63, 3.8) is 0 Å². The van der Waals surface area contributed by atoms with E-state index < -0.39 is 0 Å². The van der Waals surface area contributed by atoms with Crippen molar-refractivity contribution in [1.29, 1.82) is 0 Å². The van der Waals surface area contributed by atoms with Gasteiger partial charge in [-0.05, 0) is 32.9 Å². The Bertz CT molecular complexity index is 414. The quantitative estimate of drug-likeness (QED) is 0.725. The average molecular weight is 218 g/mol. The number of carbonyl (C=O) groups excluding carboxylic acids is 1. The predicted octanol–water partition coefficient (Wildman–Crippen LogP) is 2.26. The van der Waals surface area contributed by atoms with Gasteiger partial charge >= 0.3 is 0 Å². The van der Waals surface area contributed by atoms with Crippen molar-refractivity contribution in [3.8, 4) is 0 Å². The van der Waals surface area contributed by atoms with E-state index in [1.165, 1.54) is 5.69 Å². The van der Waals surface area contributed by atoms with Crippen molar-refractivity contribution in [2.24, 2.45) is 0 Å². The van der Waals surface area contributed by atoms with Gasteiger partial charge in [0.15, 0.2) is 0 Å². The summed E-state index contributed by atoms with van der Waals surface area (Å²) in [5, 5.41) is 0. The molecule has 1 unspecified atom stereocenters. The third-order valence-corrected chi connectivity index (χ3v) is 3.19. The van der Waals surface area contributed by atoms with Crippen molar-refractivity contribution in [2.75, 3.05) is 11.4 Å². The van der Waals surface area contributed by atoms with Gasteiger partial charge in [0.2, 0.25) is 0 Å². The molecular formula is C13H18N2O. The lowest BCUT2D eigenvalue weighted by molar-refractivity contribution is -0.120. The zero-order valence-corrected chi connectivity index (χ0v) is 10.2. The number of carbonyl (C=O) groups is 1. The molecule has 3 heteroatoms. The molecule has 86 valence electrons. The second kappa shape index (κ2) is 4.24. The van der Waals surface area contributed by atoms with Gasteiger partial charge in [-0.2, -0.15) is 0 Å². The number of anilines is 1. The average Bonchev–Trinajstić information content (AvgIpc) is 2.19. The van der Waals surface area contributed by atoms with E-state index in [9.17, 15) is 4.79 Å². The molecule has 0 bridgehead atoms. The van der Waals surface area contributed by atoms with Crippen LogP contribution in [-0.2, 0) is 4.79 Å². The molecule has 16 heavy (non-hydrogen) atoms. The first-order valence-electron chi connectivity index (χ1n) is 5.80. The number of rotatable bonds is 1. The SMILES string of the molecule is Cc1ccc(N2CCC(=O)CC2C)c(C)n1. The summed E-state index contributed by atoms with van der Waals surface area (Å²) < 4.78 is 0. The van der Waals surface area contributed by atoms with E-state index in [4.69, 9.17) is 0 Å². The minimum Gasteiger partial charge on any atom is -0.366 e. The highest BCUT2D eigenvalue weighted by atomic mass is 16.1. The summed E-state index contributed by atoms with van der Waals surface area (Å²) in [6.45, 7) is 6.97. The van der Waals surface area contributed by atoms with Crippen LogP contribution < -0.4 is 4.90 Å². The van der Waals surface area contributed by atoms with E-state index in [2.05, 4.69) is 22.9 Å². The first kappa shape index (κ1) is 11.1. The molecule has 0 aromatic carbocycles. The predicted molar refractivity (Wildman–Crippen MR) is 64.8 cm³/mol. The number of piperidine rings is 1. The molecule has 1 aliphatic rings. The molecule has 1 aromatic rings. The van der Waals surface area contributed by atoms with Crippen molar-refractivity contribution in [3.05, 3.63) is 23.5 Å². The Morgan fingerprint density at radius 2 is 2.12 bits per heavy atom. The Morgan fingerprint density at radius 3 is 2.75 bits per heavy atom. The molecule has 2 heterocycles. The van der Waals surface area contributed by atoms with Gasteiger partial charge in [-0.25, -0.2) is 0 Å². The molecule has 1 aromatic heterocycles. The van der Waals surface area contributed by atoms with Crippen LogP contribution in [0.5, 0.6) is 0 Å². The van der Waals surface area contributed by atoms with E-state index in [-0.39, 0.29) is 0 Å². The molecule has 1 saturated heterocycles. The van der Waals surface area contributed by atoms with Crippen LogP contribution >= 0.6 is 0 Å². The molecule has 0 amide bonds. The van der Waals surface area contributed by atoms with Crippen LogP contribution in [0.3, 0.4) is 0 Å². The fourth-order valence-corrected chi connectivity index (χ4v) is 2.35. The summed E-state index contributed by atoms with van der Waals surface area (Å²) in [5.74, 6) is 0.376. The number of ketones is 1. The molecule has 0 spiro atoms. The Hall–Kier alpha value is -1.38. The fourth-order valence-electron chi connectivity index (χ4n) is 2.35. The van der Waals surface area contributed by atoms with Gasteiger partial charge < -0.3 is 4.90 Å². The normalized spacial score (nSPS) is 21.3. The van der Waals surface area contributed by atoms with Crippen molar-refractivity contribution in [1.82, 2.24) is 4.98 Å². The lowest BCUT2D eigenvalue weighted by atomic mass is 10.0. The first-order valence-corrected chi connectivity index (χ1v) is 5.80. The summed E-state index contributed by atoms with van der Waals surface area (Å²) in [5.41, 5.74) is 3.27. The minimum atomic E-state index is 0.296. The maximum atomic E-state index is 11.3. The second-order valence-electron chi connectivity index (χ2n) is 4.59. The van der Waals surface area contributed by atoms with Crippen LogP contribution in [0.2, 0.25) is 0 Å². The maximum Gasteiger partial charge on any atom is 0.136 e. The smallest absolute Gasteiger partial charge is 0.136 e. The molecular weight excluding hydrogens is 200 g/mol. The number of hydrogen-bond donors (Lipinski definition) is 0. The Balaban J connectivity index is 2.26. The fraction of sp³-hybridized carbons (Fsp3) is 0.538. The molecule has 1 fully saturated rings. The summed E-state index contributed by atoms with van der Waals surface area (Å²) in [6.07, 6.45) is 1.32. The summed E-state index contributed by atoms with van der Waals surface area (Å²) >= 11 is 0. The second-order valence-corrected chi connectivity index (χ2v) is 4.59. The maximum absolute atomic E-state index is 11.3. The molecule has 0 aliphatic carbocycles. The Morgan fingerprint density at radius 1 is 1.38 bits per heavy atom. The zero-order chi connectivity index (χ0) is 11.7. The van der Waals surface area contributed by atoms with Crippen molar-refractivity contribution in [2.45, 2.75) is 39.7 Å². The summed E-state index contributed by atoms with van der Waals surface area (Å²) in [6, 6.07) is 4.44. The van der Waals surface area contributed by atoms with E-state index in [1.54, 1.807) is 0 Å². The highest BCUT2D eigenvalue weighted by Gasteiger charge is 2.24. The van der Waals surface area contributed by atoms with Gasteiger partial charge in [0.25, 0.3) is 0 Å². The van der Waals surface area contributed by atoms with Crippen molar-refractivity contribution < 1.29 is 4.79 Å². The van der Waals surface area contributed by atoms with Crippen LogP contribution in [0, 0.1) is 13.8 Å². The number of aryl methyl sites for hydroxylation is 2. The minimum absolute atomic E-state index is 0.296. The molecule has 1 atom stereocenters. The third kappa shape index (κ3) is 2.08. The van der Waals surface area contributed by atoms with Gasteiger partial charge in [0.1, 0.15) is 5.78 Å². The lowest BCUT2D eigenvalue weighted by Gasteiger charge is -2.35. The van der Waals surface area contributed by atoms with Gasteiger partial charge in [0, 0.05) is 31.1 Å². The number of Topliss-reactive ketones (excluding diaryl/α,β-unsaturated/α-hetero) is 1. The Kier molecular flexibility index (Phi) is 2.95. The standard InChI is InChI=1S/C13H18N2O/c1-9-4-5-13(11(3)14-9)15-7-6-12(16)8-10(15)2/h4-5,10H,6-8H2,1-3H3. The van der Waals surface area contributed by atoms with Crippen LogP contribution in [-0.4, -0.2) is 23.4 Å². The number of pyridine rings is 1. The summed E-state index contributed by atoms with van der Waals surface area (Å²) in [7, 11) is 0. The van der Waals surface area contributed by atoms with Crippen LogP contribution in [0.1, 0.15) is 31.2 Å². The van der Waals surface area contributed by atoms with E-state index in [0.717, 1.165) is 17.9 Å².